The SMILES string of the molecule is CC.CC1CCCC(C2CCCC(C3CCCC(C)CCC3)CC(C)C2)CCC1.CC1CCCCCCC1.CC1CCCCCCC1.CC1CCCCCCC1.CC1CCCCCCC1. The predicted octanol–water partition coefficient (Wildman–Crippen LogP) is 23.5. The Morgan fingerprint density at radius 2 is 0.308 bits per heavy atom. The van der Waals surface area contributed by atoms with E-state index in [2.05, 4.69) is 48.5 Å². The van der Waals surface area contributed by atoms with Crippen molar-refractivity contribution in [2.45, 2.75) is 351 Å². The first kappa shape index (κ1) is 61.1. The summed E-state index contributed by atoms with van der Waals surface area (Å²) in [5, 5.41) is 0. The summed E-state index contributed by atoms with van der Waals surface area (Å²) in [6.07, 6.45) is 67.7. The minimum Gasteiger partial charge on any atom is -0.0683 e. The van der Waals surface area contributed by atoms with Crippen LogP contribution >= 0.6 is 0 Å². The van der Waals surface area contributed by atoms with Gasteiger partial charge >= 0.3 is 0 Å². The Kier molecular flexibility index (Phi) is 39.3. The van der Waals surface area contributed by atoms with Gasteiger partial charge in [0, 0.05) is 0 Å². The second-order valence-electron chi connectivity index (χ2n) is 25.3. The quantitative estimate of drug-likeness (QED) is 0.259. The monoisotopic (exact) mass is 909 g/mol. The van der Waals surface area contributed by atoms with Gasteiger partial charge in [-0.05, 0) is 77.9 Å². The molecule has 0 aromatic rings. The molecule has 7 aliphatic rings. The van der Waals surface area contributed by atoms with Gasteiger partial charge in [0.2, 0.25) is 0 Å². The van der Waals surface area contributed by atoms with Gasteiger partial charge in [-0.3, -0.25) is 0 Å². The third-order valence-corrected chi connectivity index (χ3v) is 18.6. The van der Waals surface area contributed by atoms with E-state index in [1.165, 1.54) is 231 Å². The summed E-state index contributed by atoms with van der Waals surface area (Å²) in [4.78, 5) is 0. The maximum absolute atomic E-state index is 2.61. The largest absolute Gasteiger partial charge is 0.0683 e. The van der Waals surface area contributed by atoms with Crippen molar-refractivity contribution in [3.8, 4) is 0 Å². The van der Waals surface area contributed by atoms with Gasteiger partial charge in [-0.25, -0.2) is 0 Å². The zero-order valence-corrected chi connectivity index (χ0v) is 47.2. The third-order valence-electron chi connectivity index (χ3n) is 18.6. The Morgan fingerprint density at radius 3 is 0.523 bits per heavy atom. The van der Waals surface area contributed by atoms with Crippen LogP contribution in [0.15, 0.2) is 0 Å². The molecule has 7 aliphatic carbocycles. The van der Waals surface area contributed by atoms with Crippen molar-refractivity contribution in [1.82, 2.24) is 0 Å². The zero-order valence-electron chi connectivity index (χ0n) is 47.2. The van der Waals surface area contributed by atoms with Crippen LogP contribution in [0.3, 0.4) is 0 Å². The predicted molar refractivity (Wildman–Crippen MR) is 297 cm³/mol. The van der Waals surface area contributed by atoms with Gasteiger partial charge in [0.25, 0.3) is 0 Å². The summed E-state index contributed by atoms with van der Waals surface area (Å²) in [5.41, 5.74) is 0. The molecule has 7 rings (SSSR count). The van der Waals surface area contributed by atoms with E-state index in [4.69, 9.17) is 0 Å². The summed E-state index contributed by atoms with van der Waals surface area (Å²) in [6, 6.07) is 0. The fourth-order valence-corrected chi connectivity index (χ4v) is 13.9. The molecule has 0 saturated heterocycles. The van der Waals surface area contributed by atoms with Crippen LogP contribution in [0, 0.1) is 65.1 Å². The molecule has 0 aromatic heterocycles. The molecule has 0 bridgehead atoms. The molecule has 0 N–H and O–H groups in total. The topological polar surface area (TPSA) is 0 Å². The fraction of sp³-hybridized carbons (Fsp3) is 1.00. The van der Waals surface area contributed by atoms with E-state index < -0.39 is 0 Å². The summed E-state index contributed by atoms with van der Waals surface area (Å²) in [6.45, 7) is 21.2. The van der Waals surface area contributed by atoms with Crippen LogP contribution in [0.5, 0.6) is 0 Å². The molecule has 0 radical (unpaired) electrons. The Morgan fingerprint density at radius 1 is 0.154 bits per heavy atom. The molecule has 0 aliphatic heterocycles. The van der Waals surface area contributed by atoms with Crippen molar-refractivity contribution in [2.75, 3.05) is 0 Å². The molecule has 0 amide bonds. The Labute approximate surface area is 414 Å². The molecule has 7 fully saturated rings. The van der Waals surface area contributed by atoms with Gasteiger partial charge in [-0.15, -0.1) is 0 Å². The van der Waals surface area contributed by atoms with Gasteiger partial charge in [0.15, 0.2) is 0 Å². The highest BCUT2D eigenvalue weighted by molar-refractivity contribution is 4.82. The average Bonchev–Trinajstić information content (AvgIpc) is 3.23. The molecule has 0 aromatic carbocycles. The maximum atomic E-state index is 2.61. The molecule has 65 heavy (non-hydrogen) atoms. The van der Waals surface area contributed by atoms with Crippen LogP contribution in [0.4, 0.5) is 0 Å². The zero-order chi connectivity index (χ0) is 47.2. The second-order valence-corrected chi connectivity index (χ2v) is 25.3. The molecule has 0 nitrogen and oxygen atoms in total. The Hall–Kier alpha value is 0. The van der Waals surface area contributed by atoms with Crippen molar-refractivity contribution in [3.05, 3.63) is 0 Å². The molecular weight excluding hydrogens is 781 g/mol. The van der Waals surface area contributed by atoms with E-state index in [0.717, 1.165) is 65.1 Å². The maximum Gasteiger partial charge on any atom is -0.0383 e. The number of hydrogen-bond acceptors (Lipinski definition) is 0. The van der Waals surface area contributed by atoms with E-state index in [1.807, 2.05) is 13.8 Å². The third kappa shape index (κ3) is 33.3. The van der Waals surface area contributed by atoms with Crippen LogP contribution in [0.25, 0.3) is 0 Å². The van der Waals surface area contributed by atoms with Gasteiger partial charge < -0.3 is 0 Å². The molecule has 0 spiro atoms. The molecule has 2 unspecified atom stereocenters. The Bertz CT molecular complexity index is 813. The molecule has 0 heterocycles. The molecule has 7 saturated carbocycles. The lowest BCUT2D eigenvalue weighted by molar-refractivity contribution is 0.137. The second kappa shape index (κ2) is 41.8. The summed E-state index contributed by atoms with van der Waals surface area (Å²) >= 11 is 0. The van der Waals surface area contributed by atoms with E-state index in [-0.39, 0.29) is 0 Å². The van der Waals surface area contributed by atoms with Crippen LogP contribution in [-0.2, 0) is 0 Å². The lowest BCUT2D eigenvalue weighted by atomic mass is 9.68. The Balaban J connectivity index is 0.000000313. The number of rotatable bonds is 2. The minimum absolute atomic E-state index is 0.981. The van der Waals surface area contributed by atoms with Crippen molar-refractivity contribution in [1.29, 1.82) is 0 Å². The van der Waals surface area contributed by atoms with Gasteiger partial charge in [-0.2, -0.15) is 0 Å². The first-order valence-electron chi connectivity index (χ1n) is 31.7. The van der Waals surface area contributed by atoms with Gasteiger partial charge in [0.05, 0.1) is 0 Å². The average molecular weight is 910 g/mol. The van der Waals surface area contributed by atoms with Crippen molar-refractivity contribution >= 4 is 0 Å². The first-order valence-corrected chi connectivity index (χ1v) is 31.7. The highest BCUT2D eigenvalue weighted by Crippen LogP contribution is 2.43. The molecule has 2 atom stereocenters. The smallest absolute Gasteiger partial charge is 0.0383 e. The van der Waals surface area contributed by atoms with E-state index in [1.54, 1.807) is 57.8 Å². The van der Waals surface area contributed by atoms with Crippen molar-refractivity contribution in [2.24, 2.45) is 65.1 Å². The van der Waals surface area contributed by atoms with E-state index >= 15 is 0 Å². The van der Waals surface area contributed by atoms with Crippen molar-refractivity contribution < 1.29 is 0 Å². The standard InChI is InChI=1S/C27H50.4C9H18.C2H6/c1-21-9-4-13-24(14-5-10-21)26-17-8-18-27(20-23(3)19-26)25-15-6-11-22(2)12-7-16-25;4*1-9-7-5-3-2-4-6-8-9;1-2/h21-27H,4-20H2,1-3H3;4*9H,2-8H2,1H3;1-2H3. The van der Waals surface area contributed by atoms with Crippen LogP contribution < -0.4 is 0 Å². The molecule has 388 valence electrons. The van der Waals surface area contributed by atoms with Crippen LogP contribution in [0.2, 0.25) is 0 Å². The van der Waals surface area contributed by atoms with Gasteiger partial charge in [0.1, 0.15) is 0 Å². The van der Waals surface area contributed by atoms with Crippen LogP contribution in [-0.4, -0.2) is 0 Å². The highest BCUT2D eigenvalue weighted by Gasteiger charge is 2.31. The number of hydrogen-bond donors (Lipinski definition) is 0. The fourth-order valence-electron chi connectivity index (χ4n) is 13.9. The molecule has 0 heteroatoms. The highest BCUT2D eigenvalue weighted by atomic mass is 14.4. The normalized spacial score (nSPS) is 32.0. The first-order chi connectivity index (χ1) is 31.7. The summed E-state index contributed by atoms with van der Waals surface area (Å²) < 4.78 is 0. The minimum atomic E-state index is 0.981. The van der Waals surface area contributed by atoms with E-state index in [9.17, 15) is 0 Å². The summed E-state index contributed by atoms with van der Waals surface area (Å²) in [7, 11) is 0. The lowest BCUT2D eigenvalue weighted by Gasteiger charge is -2.38. The van der Waals surface area contributed by atoms with Gasteiger partial charge in [-0.1, -0.05) is 338 Å². The summed E-state index contributed by atoms with van der Waals surface area (Å²) in [5.74, 6) is 11.3. The van der Waals surface area contributed by atoms with Crippen LogP contribution in [0.1, 0.15) is 351 Å². The molecular formula is C65H128. The lowest BCUT2D eigenvalue weighted by Crippen LogP contribution is -2.26. The van der Waals surface area contributed by atoms with Crippen molar-refractivity contribution in [3.63, 3.8) is 0 Å². The van der Waals surface area contributed by atoms with E-state index in [0.29, 0.717) is 0 Å².